The first-order chi connectivity index (χ1) is 12.2. The van der Waals surface area contributed by atoms with E-state index in [4.69, 9.17) is 4.74 Å². The molecule has 130 valence electrons. The van der Waals surface area contributed by atoms with Crippen molar-refractivity contribution in [1.82, 2.24) is 0 Å². The Labute approximate surface area is 149 Å². The predicted octanol–water partition coefficient (Wildman–Crippen LogP) is 3.95. The Morgan fingerprint density at radius 1 is 1.16 bits per heavy atom. The van der Waals surface area contributed by atoms with E-state index in [1.165, 1.54) is 5.69 Å². The molecule has 1 aliphatic rings. The van der Waals surface area contributed by atoms with Gasteiger partial charge >= 0.3 is 0 Å². The topological polar surface area (TPSA) is 41.6 Å². The predicted molar refractivity (Wildman–Crippen MR) is 103 cm³/mol. The minimum absolute atomic E-state index is 0.131. The third-order valence-electron chi connectivity index (χ3n) is 4.44. The van der Waals surface area contributed by atoms with E-state index in [1.807, 2.05) is 48.5 Å². The molecule has 2 aromatic rings. The largest absolute Gasteiger partial charge is 0.380 e. The maximum absolute atomic E-state index is 12.0. The van der Waals surface area contributed by atoms with Crippen LogP contribution in [0.5, 0.6) is 0 Å². The molecule has 1 fully saturated rings. The van der Waals surface area contributed by atoms with E-state index in [0.717, 1.165) is 37.2 Å². The van der Waals surface area contributed by atoms with Crippen LogP contribution in [0.3, 0.4) is 0 Å². The molecule has 1 amide bonds. The molecular weight excluding hydrogens is 312 g/mol. The summed E-state index contributed by atoms with van der Waals surface area (Å²) in [6.07, 6.45) is 5.92. The van der Waals surface area contributed by atoms with Crippen LogP contribution < -0.4 is 10.2 Å². The first kappa shape index (κ1) is 17.2. The van der Waals surface area contributed by atoms with Crippen molar-refractivity contribution in [2.45, 2.75) is 18.9 Å². The number of anilines is 2. The molecule has 2 aromatic carbocycles. The summed E-state index contributed by atoms with van der Waals surface area (Å²) in [7, 11) is 1.77. The number of carbonyl (C=O) groups is 1. The molecular formula is C21H24N2O2. The van der Waals surface area contributed by atoms with Crippen LogP contribution in [0.1, 0.15) is 18.4 Å². The Kier molecular flexibility index (Phi) is 5.86. The van der Waals surface area contributed by atoms with Crippen LogP contribution in [0, 0.1) is 0 Å². The third kappa shape index (κ3) is 4.94. The molecule has 1 atom stereocenters. The van der Waals surface area contributed by atoms with Crippen molar-refractivity contribution in [1.29, 1.82) is 0 Å². The number of ether oxygens (including phenoxy) is 1. The number of hydrogen-bond acceptors (Lipinski definition) is 3. The van der Waals surface area contributed by atoms with E-state index < -0.39 is 0 Å². The van der Waals surface area contributed by atoms with E-state index in [0.29, 0.717) is 6.10 Å². The van der Waals surface area contributed by atoms with Crippen LogP contribution in [0.4, 0.5) is 11.4 Å². The van der Waals surface area contributed by atoms with Gasteiger partial charge in [0.25, 0.3) is 0 Å². The smallest absolute Gasteiger partial charge is 0.248 e. The number of nitrogens with one attached hydrogen (secondary N) is 1. The summed E-state index contributed by atoms with van der Waals surface area (Å²) in [4.78, 5) is 14.4. The fourth-order valence-electron chi connectivity index (χ4n) is 3.04. The first-order valence-electron chi connectivity index (χ1n) is 8.66. The number of nitrogens with zero attached hydrogens (tertiary/aromatic N) is 1. The van der Waals surface area contributed by atoms with Crippen molar-refractivity contribution >= 4 is 23.4 Å². The third-order valence-corrected chi connectivity index (χ3v) is 4.44. The zero-order chi connectivity index (χ0) is 17.5. The van der Waals surface area contributed by atoms with Crippen molar-refractivity contribution in [3.05, 3.63) is 66.2 Å². The maximum atomic E-state index is 12.0. The lowest BCUT2D eigenvalue weighted by molar-refractivity contribution is -0.111. The number of amides is 1. The second-order valence-corrected chi connectivity index (χ2v) is 6.23. The quantitative estimate of drug-likeness (QED) is 0.841. The Balaban J connectivity index is 1.57. The molecule has 25 heavy (non-hydrogen) atoms. The highest BCUT2D eigenvalue weighted by atomic mass is 16.5. The molecule has 0 spiro atoms. The fourth-order valence-corrected chi connectivity index (χ4v) is 3.04. The molecule has 1 heterocycles. The highest BCUT2D eigenvalue weighted by Gasteiger charge is 2.19. The van der Waals surface area contributed by atoms with Crippen molar-refractivity contribution in [2.75, 3.05) is 30.4 Å². The Morgan fingerprint density at radius 3 is 2.64 bits per heavy atom. The lowest BCUT2D eigenvalue weighted by atomic mass is 10.1. The minimum atomic E-state index is -0.131. The molecule has 1 N–H and O–H groups in total. The van der Waals surface area contributed by atoms with Gasteiger partial charge in [-0.2, -0.15) is 0 Å². The molecule has 0 aliphatic carbocycles. The van der Waals surface area contributed by atoms with Gasteiger partial charge in [-0.05, 0) is 48.7 Å². The number of hydrogen-bond donors (Lipinski definition) is 1. The lowest BCUT2D eigenvalue weighted by Gasteiger charge is -2.33. The summed E-state index contributed by atoms with van der Waals surface area (Å²) in [5.41, 5.74) is 2.97. The summed E-state index contributed by atoms with van der Waals surface area (Å²) in [5, 5.41) is 2.89. The molecule has 1 aliphatic heterocycles. The molecule has 0 aromatic heterocycles. The van der Waals surface area contributed by atoms with Crippen LogP contribution in [-0.2, 0) is 9.53 Å². The van der Waals surface area contributed by atoms with Crippen molar-refractivity contribution < 1.29 is 9.53 Å². The van der Waals surface area contributed by atoms with Crippen LogP contribution in [0.25, 0.3) is 6.08 Å². The number of methoxy groups -OCH3 is 1. The first-order valence-corrected chi connectivity index (χ1v) is 8.66. The van der Waals surface area contributed by atoms with Gasteiger partial charge < -0.3 is 15.0 Å². The van der Waals surface area contributed by atoms with Gasteiger partial charge in [-0.1, -0.05) is 30.3 Å². The van der Waals surface area contributed by atoms with E-state index in [1.54, 1.807) is 13.2 Å². The zero-order valence-electron chi connectivity index (χ0n) is 14.5. The van der Waals surface area contributed by atoms with Gasteiger partial charge in [-0.3, -0.25) is 4.79 Å². The molecule has 1 saturated heterocycles. The van der Waals surface area contributed by atoms with Crippen LogP contribution in [-0.4, -0.2) is 32.2 Å². The summed E-state index contributed by atoms with van der Waals surface area (Å²) in [6.45, 7) is 1.97. The van der Waals surface area contributed by atoms with Gasteiger partial charge in [0.15, 0.2) is 0 Å². The van der Waals surface area contributed by atoms with Crippen molar-refractivity contribution in [3.63, 3.8) is 0 Å². The number of carbonyl (C=O) groups excluding carboxylic acids is 1. The van der Waals surface area contributed by atoms with Gasteiger partial charge in [0.2, 0.25) is 5.91 Å². The van der Waals surface area contributed by atoms with E-state index >= 15 is 0 Å². The average molecular weight is 336 g/mol. The Morgan fingerprint density at radius 2 is 1.92 bits per heavy atom. The van der Waals surface area contributed by atoms with Gasteiger partial charge in [-0.25, -0.2) is 0 Å². The van der Waals surface area contributed by atoms with E-state index in [-0.39, 0.29) is 5.91 Å². The zero-order valence-corrected chi connectivity index (χ0v) is 14.5. The summed E-state index contributed by atoms with van der Waals surface area (Å²) >= 11 is 0. The van der Waals surface area contributed by atoms with Gasteiger partial charge in [0.1, 0.15) is 0 Å². The van der Waals surface area contributed by atoms with Crippen LogP contribution in [0.15, 0.2) is 60.7 Å². The molecule has 3 rings (SSSR count). The number of rotatable bonds is 5. The number of benzene rings is 2. The molecule has 0 bridgehead atoms. The second-order valence-electron chi connectivity index (χ2n) is 6.23. The van der Waals surface area contributed by atoms with Crippen LogP contribution in [0.2, 0.25) is 0 Å². The number of piperidine rings is 1. The molecule has 0 radical (unpaired) electrons. The molecule has 0 saturated carbocycles. The molecule has 4 heteroatoms. The van der Waals surface area contributed by atoms with Gasteiger partial charge in [0.05, 0.1) is 6.10 Å². The monoisotopic (exact) mass is 336 g/mol. The second kappa shape index (κ2) is 8.49. The summed E-state index contributed by atoms with van der Waals surface area (Å²) < 4.78 is 5.48. The summed E-state index contributed by atoms with van der Waals surface area (Å²) in [6, 6.07) is 17.8. The lowest BCUT2D eigenvalue weighted by Crippen LogP contribution is -2.39. The molecule has 4 nitrogen and oxygen atoms in total. The SMILES string of the molecule is COC1CCCN(c2ccc(NC(=O)/C=C/c3ccccc3)cc2)C1. The normalized spacial score (nSPS) is 17.6. The summed E-state index contributed by atoms with van der Waals surface area (Å²) in [5.74, 6) is -0.131. The highest BCUT2D eigenvalue weighted by Crippen LogP contribution is 2.23. The van der Waals surface area contributed by atoms with Gasteiger partial charge in [0, 0.05) is 37.7 Å². The van der Waals surface area contributed by atoms with Crippen LogP contribution >= 0.6 is 0 Å². The van der Waals surface area contributed by atoms with E-state index in [2.05, 4.69) is 22.3 Å². The Hall–Kier alpha value is -2.59. The Bertz CT molecular complexity index is 710. The highest BCUT2D eigenvalue weighted by molar-refractivity contribution is 6.02. The van der Waals surface area contributed by atoms with Crippen molar-refractivity contribution in [3.8, 4) is 0 Å². The van der Waals surface area contributed by atoms with E-state index in [9.17, 15) is 4.79 Å². The average Bonchev–Trinajstić information content (AvgIpc) is 2.68. The minimum Gasteiger partial charge on any atom is -0.380 e. The molecule has 1 unspecified atom stereocenters. The fraction of sp³-hybridized carbons (Fsp3) is 0.286. The maximum Gasteiger partial charge on any atom is 0.248 e. The van der Waals surface area contributed by atoms with Crippen molar-refractivity contribution in [2.24, 2.45) is 0 Å². The van der Waals surface area contributed by atoms with Gasteiger partial charge in [-0.15, -0.1) is 0 Å². The standard InChI is InChI=1S/C21H24N2O2/c1-25-20-8-5-15-23(16-20)19-12-10-18(11-13-19)22-21(24)14-9-17-6-3-2-4-7-17/h2-4,6-7,9-14,20H,5,8,15-16H2,1H3,(H,22,24)/b14-9+.